The Bertz CT molecular complexity index is 835. The average Bonchev–Trinajstić information content (AvgIpc) is 2.49. The number of aromatic amines is 2. The van der Waals surface area contributed by atoms with Crippen LogP contribution in [0.25, 0.3) is 11.0 Å². The van der Waals surface area contributed by atoms with Gasteiger partial charge in [-0.3, -0.25) is 19.6 Å². The van der Waals surface area contributed by atoms with Gasteiger partial charge >= 0.3 is 5.69 Å². The molecule has 2 atom stereocenters. The molecule has 0 bridgehead atoms. The number of rotatable bonds is 2. The maximum atomic E-state index is 12.3. The highest BCUT2D eigenvalue weighted by atomic mass is 35.5. The summed E-state index contributed by atoms with van der Waals surface area (Å²) < 4.78 is 0. The summed E-state index contributed by atoms with van der Waals surface area (Å²) in [5, 5.41) is 6.38. The molecule has 2 unspecified atom stereocenters. The molecular formula is C14H19Cl2N5O3. The first-order valence-electron chi connectivity index (χ1n) is 7.18. The molecule has 1 aliphatic rings. The van der Waals surface area contributed by atoms with Gasteiger partial charge in [-0.25, -0.2) is 9.78 Å². The molecule has 4 N–H and O–H groups in total. The summed E-state index contributed by atoms with van der Waals surface area (Å²) >= 11 is 0. The number of piperidine rings is 1. The number of hydrogen-bond donors (Lipinski definition) is 4. The molecule has 10 heteroatoms. The van der Waals surface area contributed by atoms with E-state index in [1.807, 2.05) is 0 Å². The Kier molecular flexibility index (Phi) is 6.94. The number of nitrogens with one attached hydrogen (secondary N) is 4. The van der Waals surface area contributed by atoms with E-state index in [9.17, 15) is 14.4 Å². The second-order valence-corrected chi connectivity index (χ2v) is 5.58. The molecule has 0 aromatic carbocycles. The van der Waals surface area contributed by atoms with E-state index in [1.165, 1.54) is 12.3 Å². The van der Waals surface area contributed by atoms with E-state index < -0.39 is 11.2 Å². The van der Waals surface area contributed by atoms with Gasteiger partial charge in [-0.05, 0) is 24.9 Å². The molecule has 1 saturated heterocycles. The minimum atomic E-state index is -0.621. The highest BCUT2D eigenvalue weighted by Gasteiger charge is 2.23. The molecule has 2 aromatic rings. The van der Waals surface area contributed by atoms with Crippen molar-refractivity contribution in [1.29, 1.82) is 0 Å². The Morgan fingerprint density at radius 2 is 2.04 bits per heavy atom. The van der Waals surface area contributed by atoms with Crippen molar-refractivity contribution in [2.45, 2.75) is 19.4 Å². The first-order valence-corrected chi connectivity index (χ1v) is 7.18. The zero-order valence-electron chi connectivity index (χ0n) is 12.9. The number of nitrogens with zero attached hydrogens (tertiary/aromatic N) is 1. The normalized spacial score (nSPS) is 19.9. The van der Waals surface area contributed by atoms with Crippen LogP contribution in [-0.2, 0) is 0 Å². The van der Waals surface area contributed by atoms with Crippen LogP contribution in [0.2, 0.25) is 0 Å². The van der Waals surface area contributed by atoms with E-state index in [1.54, 1.807) is 0 Å². The third kappa shape index (κ3) is 4.14. The van der Waals surface area contributed by atoms with Crippen LogP contribution < -0.4 is 21.9 Å². The van der Waals surface area contributed by atoms with Crippen LogP contribution in [0.3, 0.4) is 0 Å². The van der Waals surface area contributed by atoms with E-state index >= 15 is 0 Å². The summed E-state index contributed by atoms with van der Waals surface area (Å²) in [7, 11) is 0. The summed E-state index contributed by atoms with van der Waals surface area (Å²) in [5.41, 5.74) is -0.723. The van der Waals surface area contributed by atoms with Crippen molar-refractivity contribution >= 4 is 41.8 Å². The van der Waals surface area contributed by atoms with Crippen LogP contribution in [0.5, 0.6) is 0 Å². The van der Waals surface area contributed by atoms with Crippen molar-refractivity contribution in [3.63, 3.8) is 0 Å². The third-order valence-electron chi connectivity index (χ3n) is 4.00. The van der Waals surface area contributed by atoms with Gasteiger partial charge in [0.25, 0.3) is 11.5 Å². The number of pyridine rings is 1. The van der Waals surface area contributed by atoms with Crippen LogP contribution in [0, 0.1) is 5.92 Å². The molecule has 1 fully saturated rings. The first-order chi connectivity index (χ1) is 10.5. The molecule has 3 heterocycles. The Balaban J connectivity index is 0.00000144. The van der Waals surface area contributed by atoms with E-state index in [0.29, 0.717) is 11.5 Å². The van der Waals surface area contributed by atoms with Gasteiger partial charge in [-0.2, -0.15) is 0 Å². The fourth-order valence-electron chi connectivity index (χ4n) is 2.61. The molecule has 2 aromatic heterocycles. The Hall–Kier alpha value is -1.90. The standard InChI is InChI=1S/C14H17N5O3.2ClH/c1-7-2-3-15-6-10(7)17-12(20)8-4-9-11(16-5-8)18-14(22)19-13(9)21;;/h4-5,7,10,15H,2-3,6H2,1H3,(H,17,20)(H2,16,18,19,21,22);2*1H. The molecule has 0 radical (unpaired) electrons. The number of carbonyl (C=O) groups is 1. The second-order valence-electron chi connectivity index (χ2n) is 5.58. The lowest BCUT2D eigenvalue weighted by atomic mass is 9.94. The lowest BCUT2D eigenvalue weighted by Gasteiger charge is -2.30. The highest BCUT2D eigenvalue weighted by Crippen LogP contribution is 2.12. The minimum absolute atomic E-state index is 0. The zero-order valence-corrected chi connectivity index (χ0v) is 14.6. The maximum Gasteiger partial charge on any atom is 0.327 e. The lowest BCUT2D eigenvalue weighted by molar-refractivity contribution is 0.0915. The topological polar surface area (TPSA) is 120 Å². The number of amides is 1. The number of H-pyrrole nitrogens is 2. The number of aromatic nitrogens is 3. The van der Waals surface area contributed by atoms with Crippen LogP contribution in [-0.4, -0.2) is 40.0 Å². The van der Waals surface area contributed by atoms with Gasteiger partial charge in [0.05, 0.1) is 10.9 Å². The van der Waals surface area contributed by atoms with Gasteiger partial charge in [-0.1, -0.05) is 6.92 Å². The molecule has 0 aliphatic carbocycles. The number of fused-ring (bicyclic) bond motifs is 1. The van der Waals surface area contributed by atoms with Gasteiger partial charge in [0.15, 0.2) is 0 Å². The fourth-order valence-corrected chi connectivity index (χ4v) is 2.61. The summed E-state index contributed by atoms with van der Waals surface area (Å²) in [6.07, 6.45) is 2.36. The fraction of sp³-hybridized carbons (Fsp3) is 0.429. The van der Waals surface area contributed by atoms with E-state index in [0.717, 1.165) is 19.5 Å². The van der Waals surface area contributed by atoms with Gasteiger partial charge in [-0.15, -0.1) is 24.8 Å². The average molecular weight is 376 g/mol. The summed E-state index contributed by atoms with van der Waals surface area (Å²) in [5.74, 6) is 0.110. The summed E-state index contributed by atoms with van der Waals surface area (Å²) in [6, 6.07) is 1.48. The Morgan fingerprint density at radius 3 is 2.75 bits per heavy atom. The van der Waals surface area contributed by atoms with Crippen LogP contribution in [0.1, 0.15) is 23.7 Å². The van der Waals surface area contributed by atoms with Crippen molar-refractivity contribution in [3.8, 4) is 0 Å². The molecule has 24 heavy (non-hydrogen) atoms. The Labute approximate surface area is 149 Å². The molecule has 8 nitrogen and oxygen atoms in total. The Morgan fingerprint density at radius 1 is 1.29 bits per heavy atom. The molecule has 1 aliphatic heterocycles. The highest BCUT2D eigenvalue weighted by molar-refractivity contribution is 5.96. The zero-order chi connectivity index (χ0) is 15.7. The molecule has 0 spiro atoms. The smallest absolute Gasteiger partial charge is 0.327 e. The van der Waals surface area contributed by atoms with E-state index in [4.69, 9.17) is 0 Å². The largest absolute Gasteiger partial charge is 0.348 e. The minimum Gasteiger partial charge on any atom is -0.348 e. The predicted octanol–water partition coefficient (Wildman–Crippen LogP) is 0.183. The van der Waals surface area contributed by atoms with Crippen molar-refractivity contribution in [1.82, 2.24) is 25.6 Å². The van der Waals surface area contributed by atoms with Crippen molar-refractivity contribution in [3.05, 3.63) is 38.7 Å². The quantitative estimate of drug-likeness (QED) is 0.596. The monoisotopic (exact) mass is 375 g/mol. The van der Waals surface area contributed by atoms with Gasteiger partial charge in [0, 0.05) is 18.8 Å². The summed E-state index contributed by atoms with van der Waals surface area (Å²) in [6.45, 7) is 3.77. The molecule has 3 rings (SSSR count). The predicted molar refractivity (Wildman–Crippen MR) is 95.4 cm³/mol. The van der Waals surface area contributed by atoms with E-state index in [2.05, 4.69) is 32.5 Å². The molecule has 0 saturated carbocycles. The first kappa shape index (κ1) is 20.1. The molecule has 132 valence electrons. The van der Waals surface area contributed by atoms with Gasteiger partial charge in [0.2, 0.25) is 0 Å². The van der Waals surface area contributed by atoms with Crippen molar-refractivity contribution in [2.24, 2.45) is 5.92 Å². The van der Waals surface area contributed by atoms with Crippen molar-refractivity contribution < 1.29 is 4.79 Å². The van der Waals surface area contributed by atoms with Crippen LogP contribution >= 0.6 is 24.8 Å². The van der Waals surface area contributed by atoms with Gasteiger partial charge in [0.1, 0.15) is 5.65 Å². The summed E-state index contributed by atoms with van der Waals surface area (Å²) in [4.78, 5) is 43.8. The van der Waals surface area contributed by atoms with Gasteiger partial charge < -0.3 is 10.6 Å². The number of carbonyl (C=O) groups excluding carboxylic acids is 1. The van der Waals surface area contributed by atoms with Crippen LogP contribution in [0.15, 0.2) is 21.9 Å². The molecular weight excluding hydrogens is 357 g/mol. The van der Waals surface area contributed by atoms with Crippen molar-refractivity contribution in [2.75, 3.05) is 13.1 Å². The second kappa shape index (κ2) is 8.27. The van der Waals surface area contributed by atoms with Crippen LogP contribution in [0.4, 0.5) is 0 Å². The molecule has 1 amide bonds. The third-order valence-corrected chi connectivity index (χ3v) is 4.00. The number of halogens is 2. The number of hydrogen-bond acceptors (Lipinski definition) is 5. The van der Waals surface area contributed by atoms with E-state index in [-0.39, 0.29) is 47.8 Å². The lowest BCUT2D eigenvalue weighted by Crippen LogP contribution is -2.50. The maximum absolute atomic E-state index is 12.3. The SMILES string of the molecule is CC1CCNCC1NC(=O)c1cnc2[nH]c(=O)[nH]c(=O)c2c1.Cl.Cl.